The number of ether oxygens (including phenoxy) is 1. The van der Waals surface area contributed by atoms with Crippen molar-refractivity contribution in [1.82, 2.24) is 0 Å². The highest BCUT2D eigenvalue weighted by molar-refractivity contribution is 6.84. The zero-order valence-electron chi connectivity index (χ0n) is 12.2. The Morgan fingerprint density at radius 3 is 2.26 bits per heavy atom. The van der Waals surface area contributed by atoms with Gasteiger partial charge in [-0.1, -0.05) is 37.0 Å². The maximum atomic E-state index is 12.4. The number of carbonyl (C=O) groups excluding carboxylic acids is 2. The minimum atomic E-state index is -1.60. The monoisotopic (exact) mass is 278 g/mol. The SMILES string of the molecule is CCOC(=O)C(=O)C1=C([Si](C)(C)C)C2C=CC1CC2. The molecule has 0 aromatic rings. The fourth-order valence-corrected chi connectivity index (χ4v) is 5.72. The van der Waals surface area contributed by atoms with Crippen LogP contribution in [-0.4, -0.2) is 26.4 Å². The van der Waals surface area contributed by atoms with Crippen molar-refractivity contribution in [2.24, 2.45) is 11.8 Å². The van der Waals surface area contributed by atoms with E-state index in [0.717, 1.165) is 18.4 Å². The molecule has 0 aliphatic heterocycles. The van der Waals surface area contributed by atoms with Crippen LogP contribution in [0.1, 0.15) is 19.8 Å². The zero-order chi connectivity index (χ0) is 14.2. The van der Waals surface area contributed by atoms with E-state index in [1.807, 2.05) is 0 Å². The summed E-state index contributed by atoms with van der Waals surface area (Å²) < 4.78 is 4.89. The van der Waals surface area contributed by atoms with Crippen LogP contribution in [0.3, 0.4) is 0 Å². The lowest BCUT2D eigenvalue weighted by atomic mass is 9.75. The third-order valence-corrected chi connectivity index (χ3v) is 6.17. The predicted molar refractivity (Wildman–Crippen MR) is 77.4 cm³/mol. The lowest BCUT2D eigenvalue weighted by Gasteiger charge is -2.40. The van der Waals surface area contributed by atoms with Crippen molar-refractivity contribution in [3.05, 3.63) is 22.9 Å². The van der Waals surface area contributed by atoms with Gasteiger partial charge in [-0.2, -0.15) is 0 Å². The highest BCUT2D eigenvalue weighted by Gasteiger charge is 2.41. The number of hydrogen-bond donors (Lipinski definition) is 0. The van der Waals surface area contributed by atoms with Crippen molar-refractivity contribution < 1.29 is 14.3 Å². The summed E-state index contributed by atoms with van der Waals surface area (Å²) in [5.41, 5.74) is 0.761. The molecule has 0 saturated heterocycles. The molecule has 0 aromatic carbocycles. The van der Waals surface area contributed by atoms with Crippen molar-refractivity contribution in [3.8, 4) is 0 Å². The molecule has 2 unspecified atom stereocenters. The summed E-state index contributed by atoms with van der Waals surface area (Å²) in [5, 5.41) is 1.27. The Morgan fingerprint density at radius 1 is 1.21 bits per heavy atom. The summed E-state index contributed by atoms with van der Waals surface area (Å²) in [4.78, 5) is 24.2. The fourth-order valence-electron chi connectivity index (χ4n) is 3.26. The molecule has 4 heteroatoms. The third-order valence-electron chi connectivity index (χ3n) is 3.91. The standard InChI is InChI=1S/C15H22O3Si/c1-5-18-15(17)13(16)12-10-6-8-11(9-7-10)14(12)19(2,3)4/h6,8,10-11H,5,7,9H2,1-4H3. The number of rotatable bonds is 4. The lowest BCUT2D eigenvalue weighted by molar-refractivity contribution is -0.152. The summed E-state index contributed by atoms with van der Waals surface area (Å²) in [6, 6.07) is 0. The number of fused-ring (bicyclic) bond motifs is 1. The quantitative estimate of drug-likeness (QED) is 0.344. The number of Topliss-reactive ketones (excluding diaryl/α,β-unsaturated/α-hetero) is 1. The van der Waals surface area contributed by atoms with Crippen LogP contribution in [0.4, 0.5) is 0 Å². The first-order valence-corrected chi connectivity index (χ1v) is 10.5. The van der Waals surface area contributed by atoms with Crippen molar-refractivity contribution >= 4 is 19.8 Å². The van der Waals surface area contributed by atoms with Gasteiger partial charge in [0.2, 0.25) is 0 Å². The van der Waals surface area contributed by atoms with Gasteiger partial charge in [0.05, 0.1) is 14.7 Å². The minimum absolute atomic E-state index is 0.128. The molecular weight excluding hydrogens is 256 g/mol. The molecule has 3 aliphatic carbocycles. The Morgan fingerprint density at radius 2 is 1.79 bits per heavy atom. The fraction of sp³-hybridized carbons (Fsp3) is 0.600. The summed E-state index contributed by atoms with van der Waals surface area (Å²) in [5.74, 6) is -0.596. The van der Waals surface area contributed by atoms with Crippen molar-refractivity contribution in [2.75, 3.05) is 6.61 Å². The maximum Gasteiger partial charge on any atom is 0.379 e. The van der Waals surface area contributed by atoms with Crippen LogP contribution in [0.2, 0.25) is 19.6 Å². The molecule has 0 aromatic heterocycles. The Hall–Kier alpha value is -1.16. The Bertz CT molecular complexity index is 468. The van der Waals surface area contributed by atoms with Gasteiger partial charge in [-0.25, -0.2) is 4.79 Å². The van der Waals surface area contributed by atoms with E-state index in [4.69, 9.17) is 4.74 Å². The van der Waals surface area contributed by atoms with E-state index in [1.54, 1.807) is 6.92 Å². The first kappa shape index (κ1) is 14.3. The van der Waals surface area contributed by atoms with E-state index in [-0.39, 0.29) is 12.5 Å². The van der Waals surface area contributed by atoms with E-state index in [0.29, 0.717) is 5.92 Å². The zero-order valence-corrected chi connectivity index (χ0v) is 13.2. The summed E-state index contributed by atoms with van der Waals surface area (Å²) >= 11 is 0. The molecule has 0 fully saturated rings. The van der Waals surface area contributed by atoms with E-state index in [9.17, 15) is 9.59 Å². The van der Waals surface area contributed by atoms with Crippen LogP contribution in [0.25, 0.3) is 0 Å². The van der Waals surface area contributed by atoms with Crippen LogP contribution in [-0.2, 0) is 14.3 Å². The van der Waals surface area contributed by atoms with Gasteiger partial charge in [-0.05, 0) is 25.7 Å². The molecule has 0 saturated carbocycles. The second-order valence-corrected chi connectivity index (χ2v) is 11.3. The first-order valence-electron chi connectivity index (χ1n) is 7.00. The summed E-state index contributed by atoms with van der Waals surface area (Å²) in [7, 11) is -1.60. The first-order chi connectivity index (χ1) is 8.86. The normalized spacial score (nSPS) is 25.7. The highest BCUT2D eigenvalue weighted by Crippen LogP contribution is 2.44. The lowest BCUT2D eigenvalue weighted by Crippen LogP contribution is -2.40. The van der Waals surface area contributed by atoms with Gasteiger partial charge in [0, 0.05) is 11.5 Å². The van der Waals surface area contributed by atoms with E-state index in [1.165, 1.54) is 5.20 Å². The number of ketones is 1. The van der Waals surface area contributed by atoms with Crippen molar-refractivity contribution in [1.29, 1.82) is 0 Å². The number of allylic oxidation sites excluding steroid dienone is 3. The largest absolute Gasteiger partial charge is 0.460 e. The molecule has 0 amide bonds. The molecular formula is C15H22O3Si. The van der Waals surface area contributed by atoms with E-state index >= 15 is 0 Å². The van der Waals surface area contributed by atoms with Crippen LogP contribution in [0.5, 0.6) is 0 Å². The number of hydrogen-bond acceptors (Lipinski definition) is 3. The second-order valence-electron chi connectivity index (χ2n) is 6.30. The van der Waals surface area contributed by atoms with E-state index in [2.05, 4.69) is 31.8 Å². The molecule has 3 rings (SSSR count). The van der Waals surface area contributed by atoms with Crippen LogP contribution in [0.15, 0.2) is 22.9 Å². The third kappa shape index (κ3) is 2.59. The maximum absolute atomic E-state index is 12.4. The van der Waals surface area contributed by atoms with Crippen molar-refractivity contribution in [2.45, 2.75) is 39.4 Å². The van der Waals surface area contributed by atoms with Crippen LogP contribution < -0.4 is 0 Å². The minimum Gasteiger partial charge on any atom is -0.460 e. The average Bonchev–Trinajstić information content (AvgIpc) is 2.37. The highest BCUT2D eigenvalue weighted by atomic mass is 28.3. The molecule has 2 atom stereocenters. The topological polar surface area (TPSA) is 43.4 Å². The van der Waals surface area contributed by atoms with E-state index < -0.39 is 19.8 Å². The van der Waals surface area contributed by atoms with Gasteiger partial charge in [0.15, 0.2) is 0 Å². The van der Waals surface area contributed by atoms with Crippen LogP contribution >= 0.6 is 0 Å². The second kappa shape index (κ2) is 5.08. The molecule has 0 heterocycles. The number of esters is 1. The van der Waals surface area contributed by atoms with Gasteiger partial charge in [-0.3, -0.25) is 4.79 Å². The molecule has 19 heavy (non-hydrogen) atoms. The Kier molecular flexibility index (Phi) is 3.81. The molecule has 3 aliphatic rings. The molecule has 2 bridgehead atoms. The Balaban J connectivity index is 2.43. The smallest absolute Gasteiger partial charge is 0.379 e. The average molecular weight is 278 g/mol. The van der Waals surface area contributed by atoms with Crippen molar-refractivity contribution in [3.63, 3.8) is 0 Å². The van der Waals surface area contributed by atoms with Gasteiger partial charge >= 0.3 is 5.97 Å². The molecule has 0 radical (unpaired) electrons. The van der Waals surface area contributed by atoms with Gasteiger partial charge < -0.3 is 4.74 Å². The van der Waals surface area contributed by atoms with Gasteiger partial charge in [0.1, 0.15) is 0 Å². The van der Waals surface area contributed by atoms with Gasteiger partial charge in [0.25, 0.3) is 5.78 Å². The summed E-state index contributed by atoms with van der Waals surface area (Å²) in [6.07, 6.45) is 6.42. The predicted octanol–water partition coefficient (Wildman–Crippen LogP) is 2.89. The molecule has 3 nitrogen and oxygen atoms in total. The molecule has 0 N–H and O–H groups in total. The molecule has 0 spiro atoms. The summed E-state index contributed by atoms with van der Waals surface area (Å²) in [6.45, 7) is 8.72. The van der Waals surface area contributed by atoms with Crippen LogP contribution in [0, 0.1) is 11.8 Å². The Labute approximate surface area is 115 Å². The van der Waals surface area contributed by atoms with Gasteiger partial charge in [-0.15, -0.1) is 0 Å². The number of carbonyl (C=O) groups is 2. The molecule has 104 valence electrons.